The van der Waals surface area contributed by atoms with Crippen LogP contribution in [0.5, 0.6) is 5.75 Å². The van der Waals surface area contributed by atoms with Gasteiger partial charge in [-0.3, -0.25) is 4.79 Å². The summed E-state index contributed by atoms with van der Waals surface area (Å²) in [4.78, 5) is 61.7. The van der Waals surface area contributed by atoms with Gasteiger partial charge in [-0.25, -0.2) is 24.0 Å². The predicted molar refractivity (Wildman–Crippen MR) is 221 cm³/mol. The van der Waals surface area contributed by atoms with E-state index in [1.807, 2.05) is 6.07 Å². The van der Waals surface area contributed by atoms with E-state index in [1.54, 1.807) is 0 Å². The van der Waals surface area contributed by atoms with Gasteiger partial charge in [0, 0.05) is 13.1 Å². The number of fused-ring (bicyclic) bond motifs is 3. The van der Waals surface area contributed by atoms with Crippen LogP contribution in [0, 0.1) is 11.3 Å². The van der Waals surface area contributed by atoms with Gasteiger partial charge in [0.05, 0.1) is 5.41 Å². The second-order valence-corrected chi connectivity index (χ2v) is 15.6. The summed E-state index contributed by atoms with van der Waals surface area (Å²) in [6, 6.07) is 6.07. The molecule has 69 heavy (non-hydrogen) atoms. The number of carbonyl (C=O) groups excluding carboxylic acids is 2. The molecular weight excluding hydrogens is 968 g/mol. The molecule has 0 bridgehead atoms. The number of carboxylic acid groups (broad SMARTS) is 4. The lowest BCUT2D eigenvalue weighted by Crippen LogP contribution is -2.55. The largest absolute Gasteiger partial charge is 0.490 e. The lowest BCUT2D eigenvalue weighted by atomic mass is 9.49. The highest BCUT2D eigenvalue weighted by Gasteiger charge is 2.55. The van der Waals surface area contributed by atoms with E-state index in [1.165, 1.54) is 11.1 Å². The molecule has 1 aromatic rings. The van der Waals surface area contributed by atoms with Crippen molar-refractivity contribution in [3.63, 3.8) is 0 Å². The molecule has 0 saturated heterocycles. The molecule has 29 heteroatoms. The van der Waals surface area contributed by atoms with Crippen LogP contribution in [0.3, 0.4) is 0 Å². The van der Waals surface area contributed by atoms with Crippen molar-refractivity contribution in [1.29, 1.82) is 0 Å². The Balaban J connectivity index is 0. The minimum atomic E-state index is -5.08. The zero-order valence-electron chi connectivity index (χ0n) is 37.6. The van der Waals surface area contributed by atoms with Gasteiger partial charge in [0.25, 0.3) is 0 Å². The predicted octanol–water partition coefficient (Wildman–Crippen LogP) is 5.87. The number of nitrogens with two attached hydrogens (primary N) is 2. The number of halogens is 12. The first kappa shape index (κ1) is 65.9. The molecule has 12 N–H and O–H groups in total. The van der Waals surface area contributed by atoms with Crippen LogP contribution in [0.1, 0.15) is 89.2 Å². The summed E-state index contributed by atoms with van der Waals surface area (Å²) in [5.41, 5.74) is 13.1. The van der Waals surface area contributed by atoms with Crippen LogP contribution in [0.25, 0.3) is 0 Å². The third-order valence-corrected chi connectivity index (χ3v) is 10.3. The number of hydrogen-bond acceptors (Lipinski definition) is 11. The number of aliphatic carboxylic acids is 4. The summed E-state index contributed by atoms with van der Waals surface area (Å²) in [7, 11) is 0. The number of hydrogen-bond donors (Lipinski definition) is 10. The fraction of sp³-hybridized carbons (Fsp3) is 0.700. The van der Waals surface area contributed by atoms with Gasteiger partial charge in [-0.1, -0.05) is 26.3 Å². The van der Waals surface area contributed by atoms with Crippen molar-refractivity contribution in [3.05, 3.63) is 29.3 Å². The maximum Gasteiger partial charge on any atom is 0.490 e. The van der Waals surface area contributed by atoms with Gasteiger partial charge in [0.2, 0.25) is 5.91 Å². The molecule has 0 aliphatic heterocycles. The van der Waals surface area contributed by atoms with Crippen molar-refractivity contribution in [2.24, 2.45) is 22.8 Å². The van der Waals surface area contributed by atoms with E-state index in [4.69, 9.17) is 55.8 Å². The normalized spacial score (nSPS) is 18.5. The zero-order valence-corrected chi connectivity index (χ0v) is 37.6. The van der Waals surface area contributed by atoms with Crippen LogP contribution >= 0.6 is 0 Å². The fourth-order valence-electron chi connectivity index (χ4n) is 6.98. The molecule has 1 fully saturated rings. The van der Waals surface area contributed by atoms with Crippen LogP contribution in [-0.2, 0) is 35.8 Å². The first-order valence-electron chi connectivity index (χ1n) is 21.0. The highest BCUT2D eigenvalue weighted by molar-refractivity contribution is 5.83. The second kappa shape index (κ2) is 31.1. The number of aryl methyl sites for hydroxylation is 1. The van der Waals surface area contributed by atoms with Crippen LogP contribution in [0.2, 0.25) is 0 Å². The van der Waals surface area contributed by atoms with E-state index < -0.39 is 60.1 Å². The minimum Gasteiger partial charge on any atom is -0.475 e. The molecule has 0 heterocycles. The molecule has 0 radical (unpaired) electrons. The van der Waals surface area contributed by atoms with E-state index in [2.05, 4.69) is 47.2 Å². The van der Waals surface area contributed by atoms with Crippen LogP contribution < -0.4 is 37.5 Å². The monoisotopic (exact) mass is 1030 g/mol. The average Bonchev–Trinajstić information content (AvgIpc) is 3.22. The van der Waals surface area contributed by atoms with Crippen LogP contribution in [0.4, 0.5) is 57.5 Å². The number of alkyl halides is 12. The van der Waals surface area contributed by atoms with Crippen molar-refractivity contribution in [2.45, 2.75) is 115 Å². The first-order chi connectivity index (χ1) is 31.6. The molecule has 1 saturated carbocycles. The summed E-state index contributed by atoms with van der Waals surface area (Å²) in [6.45, 7) is 10.9. The van der Waals surface area contributed by atoms with Crippen molar-refractivity contribution >= 4 is 35.9 Å². The van der Waals surface area contributed by atoms with Gasteiger partial charge in [-0.2, -0.15) is 52.7 Å². The SMILES string of the molecule is C[C@]1(C(=O)NCCCNCCCCN)CCC[C@]2(C)c3cc(OC(=O)NCCCNCCCCN)ccc3CC[C@@H]12.O=C(O)C(F)(F)F.O=C(O)C(F)(F)F.O=C(O)C(F)(F)F.O=C(O)C(F)(F)F. The van der Waals surface area contributed by atoms with Gasteiger partial charge >= 0.3 is 54.7 Å². The molecule has 0 unspecified atom stereocenters. The first-order valence-corrected chi connectivity index (χ1v) is 21.0. The van der Waals surface area contributed by atoms with E-state index in [0.717, 1.165) is 110 Å². The lowest BCUT2D eigenvalue weighted by molar-refractivity contribution is -0.193. The van der Waals surface area contributed by atoms with Gasteiger partial charge in [-0.05, 0) is 138 Å². The summed E-state index contributed by atoms with van der Waals surface area (Å²) in [6.07, 6.45) is -9.88. The number of amides is 2. The fourth-order valence-corrected chi connectivity index (χ4v) is 6.98. The van der Waals surface area contributed by atoms with Crippen molar-refractivity contribution < 1.29 is 107 Å². The maximum atomic E-state index is 13.6. The van der Waals surface area contributed by atoms with E-state index >= 15 is 0 Å². The number of benzene rings is 1. The van der Waals surface area contributed by atoms with Crippen molar-refractivity contribution in [2.75, 3.05) is 52.4 Å². The molecule has 3 atom stereocenters. The minimum absolute atomic E-state index is 0.131. The molecule has 17 nitrogen and oxygen atoms in total. The smallest absolute Gasteiger partial charge is 0.475 e. The van der Waals surface area contributed by atoms with Gasteiger partial charge < -0.3 is 57.9 Å². The summed E-state index contributed by atoms with van der Waals surface area (Å²) in [5.74, 6) is -10.0. The zero-order chi connectivity index (χ0) is 53.9. The van der Waals surface area contributed by atoms with Crippen LogP contribution in [0.15, 0.2) is 18.2 Å². The number of rotatable bonds is 18. The highest BCUT2D eigenvalue weighted by Crippen LogP contribution is 2.57. The number of carboxylic acids is 4. The third-order valence-electron chi connectivity index (χ3n) is 10.3. The summed E-state index contributed by atoms with van der Waals surface area (Å²) in [5, 5.41) is 41.4. The third kappa shape index (κ3) is 27.0. The molecule has 1 aromatic carbocycles. The van der Waals surface area contributed by atoms with Crippen LogP contribution in [-0.4, -0.2) is 133 Å². The average molecular weight is 1030 g/mol. The summed E-state index contributed by atoms with van der Waals surface area (Å²) < 4.78 is 133. The molecule has 0 aromatic heterocycles. The Bertz CT molecular complexity index is 1660. The van der Waals surface area contributed by atoms with Gasteiger partial charge in [0.1, 0.15) is 5.75 Å². The molecule has 0 spiro atoms. The Kier molecular flexibility index (Phi) is 29.8. The van der Waals surface area contributed by atoms with Gasteiger partial charge in [-0.15, -0.1) is 0 Å². The molecule has 2 aliphatic carbocycles. The van der Waals surface area contributed by atoms with E-state index in [9.17, 15) is 62.3 Å². The number of nitrogens with one attached hydrogen (secondary N) is 4. The Labute approximate surface area is 388 Å². The molecular formula is C40H60F12N6O11. The topological polar surface area (TPSA) is 293 Å². The molecule has 2 amide bonds. The Morgan fingerprint density at radius 2 is 1.00 bits per heavy atom. The van der Waals surface area contributed by atoms with Crippen molar-refractivity contribution in [3.8, 4) is 5.75 Å². The van der Waals surface area contributed by atoms with E-state index in [0.29, 0.717) is 18.8 Å². The Morgan fingerprint density at radius 3 is 1.39 bits per heavy atom. The maximum absolute atomic E-state index is 13.6. The van der Waals surface area contributed by atoms with Gasteiger partial charge in [0.15, 0.2) is 0 Å². The number of carbonyl (C=O) groups is 6. The summed E-state index contributed by atoms with van der Waals surface area (Å²) >= 11 is 0. The van der Waals surface area contributed by atoms with E-state index in [-0.39, 0.29) is 17.2 Å². The quantitative estimate of drug-likeness (QED) is 0.0608. The number of ether oxygens (including phenoxy) is 1. The lowest BCUT2D eigenvalue weighted by Gasteiger charge is -2.54. The molecule has 400 valence electrons. The standard InChI is InChI=1S/C32H56N6O3.4C2HF3O2/c1-31-14-7-15-32(2,29(39)37-22-8-20-35-18-5-3-16-33)28(31)13-11-25-10-12-26(24-27(25)31)41-30(40)38-23-9-21-36-19-6-4-17-34;4*3-2(4,5)1(6)7/h10,12,24,28,35-36H,3-9,11,13-23,33-34H2,1-2H3,(H,37,39)(H,38,40);4*(H,6,7)/t28-,31-,32+;;;;/m1..../s1. The second-order valence-electron chi connectivity index (χ2n) is 15.6. The Morgan fingerprint density at radius 1 is 0.609 bits per heavy atom. The number of unbranched alkanes of at least 4 members (excludes halogenated alkanes) is 2. The molecule has 2 aliphatic rings. The Hall–Kier alpha value is -5.16. The highest BCUT2D eigenvalue weighted by atomic mass is 19.4. The van der Waals surface area contributed by atoms with Crippen molar-refractivity contribution in [1.82, 2.24) is 21.3 Å². The molecule has 3 rings (SSSR count).